The fourth-order valence-corrected chi connectivity index (χ4v) is 7.22. The van der Waals surface area contributed by atoms with Crippen LogP contribution >= 0.6 is 0 Å². The Bertz CT molecular complexity index is 3380. The molecule has 51 heavy (non-hydrogen) atoms. The lowest BCUT2D eigenvalue weighted by molar-refractivity contribution is 0.669. The van der Waals surface area contributed by atoms with Gasteiger partial charge in [-0.25, -0.2) is 0 Å². The van der Waals surface area contributed by atoms with E-state index in [4.69, 9.17) is 16.8 Å². The maximum absolute atomic E-state index is 9.64. The molecule has 0 radical (unpaired) electrons. The largest absolute Gasteiger partial charge is 0.456 e. The van der Waals surface area contributed by atoms with Gasteiger partial charge in [0, 0.05) is 10.8 Å². The fraction of sp³-hybridized carbons (Fsp3) is 0. The normalized spacial score (nSPS) is 14.5. The zero-order chi connectivity index (χ0) is 43.3. The molecule has 0 aliphatic heterocycles. The van der Waals surface area contributed by atoms with E-state index in [9.17, 15) is 2.74 Å². The van der Waals surface area contributed by atoms with Crippen molar-refractivity contribution in [2.75, 3.05) is 0 Å². The van der Waals surface area contributed by atoms with Gasteiger partial charge in [0.25, 0.3) is 0 Å². The molecule has 0 saturated carbocycles. The van der Waals surface area contributed by atoms with Crippen molar-refractivity contribution in [1.29, 1.82) is 0 Å². The Labute approximate surface area is 312 Å². The summed E-state index contributed by atoms with van der Waals surface area (Å²) in [5.74, 6) is 0. The quantitative estimate of drug-likeness (QED) is 0.168. The third-order valence-corrected chi connectivity index (χ3v) is 9.44. The van der Waals surface area contributed by atoms with Crippen molar-refractivity contribution in [1.82, 2.24) is 0 Å². The van der Waals surface area contributed by atoms with Crippen LogP contribution in [0, 0.1) is 0 Å². The minimum absolute atomic E-state index is 0.0693. The van der Waals surface area contributed by atoms with Gasteiger partial charge < -0.3 is 4.42 Å². The van der Waals surface area contributed by atoms with Gasteiger partial charge in [0.15, 0.2) is 0 Å². The second kappa shape index (κ2) is 12.0. The molecule has 0 aliphatic carbocycles. The predicted octanol–water partition coefficient (Wildman–Crippen LogP) is 14.2. The number of furan rings is 1. The summed E-state index contributed by atoms with van der Waals surface area (Å²) in [5, 5.41) is 3.07. The highest BCUT2D eigenvalue weighted by Crippen LogP contribution is 2.48. The van der Waals surface area contributed by atoms with E-state index in [1.165, 1.54) is 0 Å². The Hall–Kier alpha value is -6.70. The van der Waals surface area contributed by atoms with Crippen LogP contribution in [-0.2, 0) is 0 Å². The first-order valence-corrected chi connectivity index (χ1v) is 16.6. The Morgan fingerprint density at radius 2 is 0.902 bits per heavy atom. The summed E-state index contributed by atoms with van der Waals surface area (Å²) in [4.78, 5) is 0. The molecule has 1 heteroatoms. The van der Waals surface area contributed by atoms with E-state index in [-0.39, 0.29) is 39.1 Å². The third kappa shape index (κ3) is 4.94. The van der Waals surface area contributed by atoms with Gasteiger partial charge in [0.2, 0.25) is 0 Å². The van der Waals surface area contributed by atoms with Crippen LogP contribution in [0.5, 0.6) is 0 Å². The molecule has 0 bridgehead atoms. The maximum Gasteiger partial charge on any atom is 0.136 e. The molecule has 9 aromatic carbocycles. The number of hydrogen-bond donors (Lipinski definition) is 0. The van der Waals surface area contributed by atoms with Crippen LogP contribution in [0.2, 0.25) is 0 Å². The Kier molecular flexibility index (Phi) is 4.73. The molecule has 0 saturated heterocycles. The number of rotatable bonds is 5. The summed E-state index contributed by atoms with van der Waals surface area (Å²) < 4.78 is 104. The summed E-state index contributed by atoms with van der Waals surface area (Å²) in [6.07, 6.45) is 0. The standard InChI is InChI=1S/C50H32O/c1-4-15-33(16-5-1)36-27-28-46-45(32-36)50-44(25-14-26-47(50)51-46)49-42-23-12-10-21-40(42)48(41-22-11-13-24-43(41)49)39-30-37(34-17-6-2-7-18-34)29-38(31-39)35-19-8-3-9-20-35/h1-32H/i1D,4D,5D,14D,15D,16D,25D,26D,27D,28D,32D. The van der Waals surface area contributed by atoms with Crippen molar-refractivity contribution < 1.29 is 19.5 Å². The maximum atomic E-state index is 9.64. The molecule has 0 N–H and O–H groups in total. The minimum atomic E-state index is -0.659. The molecular formula is C50H32O. The highest BCUT2D eigenvalue weighted by Gasteiger charge is 2.21. The summed E-state index contributed by atoms with van der Waals surface area (Å²) in [5.41, 5.74) is 5.47. The highest BCUT2D eigenvalue weighted by atomic mass is 16.3. The van der Waals surface area contributed by atoms with Crippen molar-refractivity contribution in [2.45, 2.75) is 0 Å². The Balaban J connectivity index is 1.36. The molecule has 1 nitrogen and oxygen atoms in total. The van der Waals surface area contributed by atoms with E-state index in [1.807, 2.05) is 84.9 Å². The zero-order valence-electron chi connectivity index (χ0n) is 38.0. The second-order valence-electron chi connectivity index (χ2n) is 12.4. The number of benzene rings is 9. The molecule has 10 rings (SSSR count). The summed E-state index contributed by atoms with van der Waals surface area (Å²) in [6, 6.07) is 36.3. The van der Waals surface area contributed by atoms with Crippen LogP contribution in [-0.4, -0.2) is 0 Å². The highest BCUT2D eigenvalue weighted by molar-refractivity contribution is 6.26. The molecule has 238 valence electrons. The van der Waals surface area contributed by atoms with Crippen LogP contribution in [0.25, 0.3) is 99.1 Å². The van der Waals surface area contributed by atoms with Crippen LogP contribution in [0.4, 0.5) is 0 Å². The Morgan fingerprint density at radius 3 is 1.51 bits per heavy atom. The molecule has 1 heterocycles. The van der Waals surface area contributed by atoms with Crippen molar-refractivity contribution >= 4 is 43.5 Å². The van der Waals surface area contributed by atoms with Crippen LogP contribution < -0.4 is 0 Å². The van der Waals surface area contributed by atoms with Gasteiger partial charge in [-0.1, -0.05) is 158 Å². The smallest absolute Gasteiger partial charge is 0.136 e. The van der Waals surface area contributed by atoms with E-state index in [0.717, 1.165) is 44.2 Å². The van der Waals surface area contributed by atoms with Crippen LogP contribution in [0.1, 0.15) is 15.1 Å². The van der Waals surface area contributed by atoms with Gasteiger partial charge in [-0.05, 0) is 114 Å². The van der Waals surface area contributed by atoms with Gasteiger partial charge >= 0.3 is 0 Å². The minimum Gasteiger partial charge on any atom is -0.456 e. The van der Waals surface area contributed by atoms with Crippen LogP contribution in [0.3, 0.4) is 0 Å². The van der Waals surface area contributed by atoms with E-state index in [1.54, 1.807) is 0 Å². The van der Waals surface area contributed by atoms with E-state index < -0.39 is 66.0 Å². The molecule has 10 aromatic rings. The molecule has 0 unspecified atom stereocenters. The SMILES string of the molecule is [2H]c1c([2H])c([2H])c(-c2c([2H])c([2H])c3oc4c([2H])c([2H])c([2H])c(-c5c6ccccc6c(-c6cc(-c7ccccc7)cc(-c7ccccc7)c6)c6ccccc56)c4c3c2[2H])c([2H])c1[2H]. The topological polar surface area (TPSA) is 13.1 Å². The molecule has 0 amide bonds. The van der Waals surface area contributed by atoms with Gasteiger partial charge in [0.1, 0.15) is 11.2 Å². The lowest BCUT2D eigenvalue weighted by Gasteiger charge is -2.19. The Morgan fingerprint density at radius 1 is 0.353 bits per heavy atom. The van der Waals surface area contributed by atoms with Crippen molar-refractivity contribution in [2.24, 2.45) is 0 Å². The first kappa shape index (κ1) is 20.1. The average Bonchev–Trinajstić information content (AvgIpc) is 3.71. The molecule has 0 fully saturated rings. The second-order valence-corrected chi connectivity index (χ2v) is 12.4. The van der Waals surface area contributed by atoms with Gasteiger partial charge in [0.05, 0.1) is 15.1 Å². The third-order valence-electron chi connectivity index (χ3n) is 9.44. The molecule has 1 aromatic heterocycles. The molecule has 0 aliphatic rings. The zero-order valence-corrected chi connectivity index (χ0v) is 27.0. The van der Waals surface area contributed by atoms with Gasteiger partial charge in [-0.15, -0.1) is 0 Å². The number of hydrogen-bond acceptors (Lipinski definition) is 1. The van der Waals surface area contributed by atoms with Crippen molar-refractivity contribution in [3.05, 3.63) is 194 Å². The molecule has 0 spiro atoms. The first-order chi connectivity index (χ1) is 29.9. The fourth-order valence-electron chi connectivity index (χ4n) is 7.22. The van der Waals surface area contributed by atoms with E-state index >= 15 is 0 Å². The van der Waals surface area contributed by atoms with Crippen molar-refractivity contribution in [3.8, 4) is 55.6 Å². The average molecular weight is 660 g/mol. The van der Waals surface area contributed by atoms with E-state index in [0.29, 0.717) is 16.3 Å². The lowest BCUT2D eigenvalue weighted by Crippen LogP contribution is -1.92. The summed E-state index contributed by atoms with van der Waals surface area (Å²) in [6.45, 7) is 0. The van der Waals surface area contributed by atoms with E-state index in [2.05, 4.69) is 42.5 Å². The predicted molar refractivity (Wildman–Crippen MR) is 216 cm³/mol. The monoisotopic (exact) mass is 659 g/mol. The summed E-state index contributed by atoms with van der Waals surface area (Å²) in [7, 11) is 0. The van der Waals surface area contributed by atoms with Crippen molar-refractivity contribution in [3.63, 3.8) is 0 Å². The van der Waals surface area contributed by atoms with Crippen LogP contribution in [0.15, 0.2) is 198 Å². The molecular weight excluding hydrogens is 617 g/mol. The lowest BCUT2D eigenvalue weighted by atomic mass is 9.83. The van der Waals surface area contributed by atoms with Gasteiger partial charge in [-0.3, -0.25) is 0 Å². The number of fused-ring (bicyclic) bond motifs is 5. The first-order valence-electron chi connectivity index (χ1n) is 22.1. The van der Waals surface area contributed by atoms with Gasteiger partial charge in [-0.2, -0.15) is 0 Å². The summed E-state index contributed by atoms with van der Waals surface area (Å²) >= 11 is 0. The molecule has 0 atom stereocenters.